The Morgan fingerprint density at radius 2 is 1.93 bits per heavy atom. The molecule has 0 heterocycles. The number of hydrogen-bond acceptors (Lipinski definition) is 5. The summed E-state index contributed by atoms with van der Waals surface area (Å²) < 4.78 is 4.97. The molecule has 0 radical (unpaired) electrons. The molecule has 0 unspecified atom stereocenters. The molecule has 2 aromatic carbocycles. The lowest BCUT2D eigenvalue weighted by Crippen LogP contribution is -2.34. The quantitative estimate of drug-likeness (QED) is 0.359. The van der Waals surface area contributed by atoms with Crippen molar-refractivity contribution in [2.75, 3.05) is 6.61 Å². The first-order chi connectivity index (χ1) is 13.5. The predicted molar refractivity (Wildman–Crippen MR) is 103 cm³/mol. The summed E-state index contributed by atoms with van der Waals surface area (Å²) in [5.41, 5.74) is 2.94. The van der Waals surface area contributed by atoms with E-state index in [1.807, 2.05) is 18.2 Å². The minimum absolute atomic E-state index is 0.0271. The Morgan fingerprint density at radius 1 is 1.18 bits per heavy atom. The number of rotatable bonds is 6. The van der Waals surface area contributed by atoms with Gasteiger partial charge in [-0.25, -0.2) is 4.79 Å². The number of hydrogen-bond donors (Lipinski definition) is 1. The molecule has 0 spiro atoms. The average Bonchev–Trinajstić information content (AvgIpc) is 2.71. The number of esters is 1. The van der Waals surface area contributed by atoms with Gasteiger partial charge in [-0.2, -0.15) is 0 Å². The highest BCUT2D eigenvalue weighted by Gasteiger charge is 2.21. The number of nitro groups is 1. The Morgan fingerprint density at radius 3 is 2.68 bits per heavy atom. The average molecular weight is 380 g/mol. The molecule has 1 atom stereocenters. The zero-order valence-electron chi connectivity index (χ0n) is 15.2. The Kier molecular flexibility index (Phi) is 6.16. The number of aryl methyl sites for hydroxylation is 1. The number of non-ortho nitro benzene ring substituents is 1. The number of amides is 1. The lowest BCUT2D eigenvalue weighted by Gasteiger charge is -2.26. The summed E-state index contributed by atoms with van der Waals surface area (Å²) >= 11 is 0. The maximum atomic E-state index is 12.1. The molecule has 1 aliphatic carbocycles. The second kappa shape index (κ2) is 8.94. The number of carbonyl (C=O) groups excluding carboxylic acids is 2. The lowest BCUT2D eigenvalue weighted by molar-refractivity contribution is -0.384. The highest BCUT2D eigenvalue weighted by molar-refractivity contribution is 5.89. The van der Waals surface area contributed by atoms with Crippen LogP contribution in [0.1, 0.15) is 35.6 Å². The van der Waals surface area contributed by atoms with E-state index < -0.39 is 10.9 Å². The smallest absolute Gasteiger partial charge is 0.331 e. The number of benzene rings is 2. The van der Waals surface area contributed by atoms with Crippen LogP contribution < -0.4 is 5.32 Å². The van der Waals surface area contributed by atoms with Crippen molar-refractivity contribution in [3.63, 3.8) is 0 Å². The molecule has 3 rings (SSSR count). The topological polar surface area (TPSA) is 98.5 Å². The first kappa shape index (κ1) is 19.3. The number of fused-ring (bicyclic) bond motifs is 1. The van der Waals surface area contributed by atoms with Gasteiger partial charge in [-0.3, -0.25) is 14.9 Å². The van der Waals surface area contributed by atoms with Gasteiger partial charge in [-0.15, -0.1) is 0 Å². The van der Waals surface area contributed by atoms with E-state index in [1.165, 1.54) is 42.0 Å². The van der Waals surface area contributed by atoms with Crippen LogP contribution in [0, 0.1) is 10.1 Å². The fourth-order valence-corrected chi connectivity index (χ4v) is 3.20. The molecule has 144 valence electrons. The van der Waals surface area contributed by atoms with Crippen LogP contribution in [0.4, 0.5) is 5.69 Å². The molecular formula is C21H20N2O5. The first-order valence-corrected chi connectivity index (χ1v) is 8.99. The van der Waals surface area contributed by atoms with E-state index in [1.54, 1.807) is 0 Å². The SMILES string of the molecule is O=C(COC(=O)/C=C/c1ccc([N+](=O)[O-])cc1)N[C@@H]1CCCc2ccccc21. The van der Waals surface area contributed by atoms with Crippen LogP contribution >= 0.6 is 0 Å². The summed E-state index contributed by atoms with van der Waals surface area (Å²) in [5.74, 6) is -1.00. The molecule has 0 bridgehead atoms. The number of nitrogens with zero attached hydrogens (tertiary/aromatic N) is 1. The van der Waals surface area contributed by atoms with Crippen LogP contribution in [0.3, 0.4) is 0 Å². The maximum Gasteiger partial charge on any atom is 0.331 e. The van der Waals surface area contributed by atoms with E-state index in [0.717, 1.165) is 24.8 Å². The molecule has 2 aromatic rings. The van der Waals surface area contributed by atoms with Crippen molar-refractivity contribution in [3.05, 3.63) is 81.4 Å². The van der Waals surface area contributed by atoms with Crippen LogP contribution in [0.2, 0.25) is 0 Å². The van der Waals surface area contributed by atoms with Crippen molar-refractivity contribution in [1.29, 1.82) is 0 Å². The van der Waals surface area contributed by atoms with Gasteiger partial charge >= 0.3 is 5.97 Å². The van der Waals surface area contributed by atoms with E-state index in [0.29, 0.717) is 5.56 Å². The fraction of sp³-hybridized carbons (Fsp3) is 0.238. The number of nitro benzene ring substituents is 1. The number of carbonyl (C=O) groups is 2. The molecule has 0 saturated carbocycles. The van der Waals surface area contributed by atoms with Gasteiger partial charge in [-0.05, 0) is 54.2 Å². The molecule has 1 aliphatic rings. The Labute approximate surface area is 162 Å². The van der Waals surface area contributed by atoms with Gasteiger partial charge in [0, 0.05) is 18.2 Å². The highest BCUT2D eigenvalue weighted by Crippen LogP contribution is 2.29. The van der Waals surface area contributed by atoms with Gasteiger partial charge in [0.25, 0.3) is 11.6 Å². The number of nitrogens with one attached hydrogen (secondary N) is 1. The molecule has 0 saturated heterocycles. The second-order valence-electron chi connectivity index (χ2n) is 6.50. The first-order valence-electron chi connectivity index (χ1n) is 8.99. The summed E-state index contributed by atoms with van der Waals surface area (Å²) in [4.78, 5) is 34.0. The third-order valence-corrected chi connectivity index (χ3v) is 4.57. The van der Waals surface area contributed by atoms with Gasteiger partial charge in [0.2, 0.25) is 0 Å². The van der Waals surface area contributed by atoms with E-state index >= 15 is 0 Å². The van der Waals surface area contributed by atoms with Crippen molar-refractivity contribution < 1.29 is 19.2 Å². The molecular weight excluding hydrogens is 360 g/mol. The normalized spacial score (nSPS) is 15.6. The minimum atomic E-state index is -0.655. The van der Waals surface area contributed by atoms with Crippen molar-refractivity contribution >= 4 is 23.6 Å². The molecule has 0 aliphatic heterocycles. The largest absolute Gasteiger partial charge is 0.452 e. The molecule has 1 N–H and O–H groups in total. The minimum Gasteiger partial charge on any atom is -0.452 e. The monoisotopic (exact) mass is 380 g/mol. The van der Waals surface area contributed by atoms with Gasteiger partial charge in [0.05, 0.1) is 11.0 Å². The van der Waals surface area contributed by atoms with Gasteiger partial charge in [-0.1, -0.05) is 24.3 Å². The third-order valence-electron chi connectivity index (χ3n) is 4.57. The van der Waals surface area contributed by atoms with E-state index in [9.17, 15) is 19.7 Å². The molecule has 0 fully saturated rings. The van der Waals surface area contributed by atoms with E-state index in [-0.39, 0.29) is 24.2 Å². The summed E-state index contributed by atoms with van der Waals surface area (Å²) in [5, 5.41) is 13.5. The lowest BCUT2D eigenvalue weighted by atomic mass is 9.88. The van der Waals surface area contributed by atoms with Crippen molar-refractivity contribution in [2.24, 2.45) is 0 Å². The zero-order chi connectivity index (χ0) is 19.9. The molecule has 0 aromatic heterocycles. The highest BCUT2D eigenvalue weighted by atomic mass is 16.6. The predicted octanol–water partition coefficient (Wildman–Crippen LogP) is 3.35. The van der Waals surface area contributed by atoms with Crippen LogP contribution in [0.5, 0.6) is 0 Å². The van der Waals surface area contributed by atoms with Crippen LogP contribution in [-0.2, 0) is 20.7 Å². The maximum absolute atomic E-state index is 12.1. The summed E-state index contributed by atoms with van der Waals surface area (Å²) in [6.45, 7) is -0.359. The summed E-state index contributed by atoms with van der Waals surface area (Å²) in [7, 11) is 0. The third kappa shape index (κ3) is 5.03. The standard InChI is InChI=1S/C21H20N2O5/c24-20(22-19-7-3-5-16-4-1-2-6-18(16)19)14-28-21(25)13-10-15-8-11-17(12-9-15)23(26)27/h1-2,4,6,8-13,19H,3,5,7,14H2,(H,22,24)/b13-10+/t19-/m1/s1. The Bertz CT molecular complexity index is 905. The van der Waals surface area contributed by atoms with Gasteiger partial charge < -0.3 is 10.1 Å². The molecule has 1 amide bonds. The second-order valence-corrected chi connectivity index (χ2v) is 6.50. The van der Waals surface area contributed by atoms with Gasteiger partial charge in [0.15, 0.2) is 6.61 Å². The van der Waals surface area contributed by atoms with Crippen molar-refractivity contribution in [3.8, 4) is 0 Å². The van der Waals surface area contributed by atoms with Crippen LogP contribution in [0.25, 0.3) is 6.08 Å². The number of ether oxygens (including phenoxy) is 1. The zero-order valence-corrected chi connectivity index (χ0v) is 15.2. The Hall–Kier alpha value is -3.48. The van der Waals surface area contributed by atoms with Crippen LogP contribution in [-0.4, -0.2) is 23.4 Å². The Balaban J connectivity index is 1.48. The molecule has 7 nitrogen and oxygen atoms in total. The van der Waals surface area contributed by atoms with Gasteiger partial charge in [0.1, 0.15) is 0 Å². The molecule has 7 heteroatoms. The fourth-order valence-electron chi connectivity index (χ4n) is 3.20. The molecule has 28 heavy (non-hydrogen) atoms. The van der Waals surface area contributed by atoms with E-state index in [2.05, 4.69) is 11.4 Å². The summed E-state index contributed by atoms with van der Waals surface area (Å²) in [6.07, 6.45) is 5.52. The van der Waals surface area contributed by atoms with E-state index in [4.69, 9.17) is 4.74 Å². The summed E-state index contributed by atoms with van der Waals surface area (Å²) in [6, 6.07) is 13.7. The van der Waals surface area contributed by atoms with Crippen molar-refractivity contribution in [2.45, 2.75) is 25.3 Å². The van der Waals surface area contributed by atoms with Crippen LogP contribution in [0.15, 0.2) is 54.6 Å². The van der Waals surface area contributed by atoms with Crippen molar-refractivity contribution in [1.82, 2.24) is 5.32 Å².